The molecule has 0 saturated heterocycles. The van der Waals surface area contributed by atoms with Crippen molar-refractivity contribution >= 4 is 17.5 Å². The molecule has 0 spiro atoms. The van der Waals surface area contributed by atoms with Crippen LogP contribution in [0.25, 0.3) is 0 Å². The molecule has 28 heavy (non-hydrogen) atoms. The van der Waals surface area contributed by atoms with Crippen LogP contribution in [0, 0.1) is 0 Å². The first-order valence-corrected chi connectivity index (χ1v) is 9.06. The molecule has 5 nitrogen and oxygen atoms in total. The van der Waals surface area contributed by atoms with E-state index in [1.165, 1.54) is 0 Å². The van der Waals surface area contributed by atoms with E-state index in [2.05, 4.69) is 10.6 Å². The van der Waals surface area contributed by atoms with Crippen LogP contribution in [0.15, 0.2) is 84.9 Å². The van der Waals surface area contributed by atoms with Crippen molar-refractivity contribution in [3.63, 3.8) is 0 Å². The first-order chi connectivity index (χ1) is 13.6. The van der Waals surface area contributed by atoms with Crippen LogP contribution >= 0.6 is 0 Å². The SMILES string of the molecule is C[C@H](Oc1cccc(C(=O)NCc2ccccc2)c1)C(=O)Nc1ccccc1. The molecule has 142 valence electrons. The highest BCUT2D eigenvalue weighted by Crippen LogP contribution is 2.16. The molecular weight excluding hydrogens is 352 g/mol. The number of carbonyl (C=O) groups is 2. The lowest BCUT2D eigenvalue weighted by atomic mass is 10.2. The lowest BCUT2D eigenvalue weighted by Gasteiger charge is -2.15. The number of para-hydroxylation sites is 1. The predicted octanol–water partition coefficient (Wildman–Crippen LogP) is 4.02. The van der Waals surface area contributed by atoms with E-state index in [0.29, 0.717) is 23.5 Å². The highest BCUT2D eigenvalue weighted by molar-refractivity contribution is 5.95. The first-order valence-electron chi connectivity index (χ1n) is 9.06. The van der Waals surface area contributed by atoms with Gasteiger partial charge in [0.1, 0.15) is 5.75 Å². The Labute approximate surface area is 164 Å². The summed E-state index contributed by atoms with van der Waals surface area (Å²) in [6.45, 7) is 2.11. The Morgan fingerprint density at radius 3 is 2.29 bits per heavy atom. The van der Waals surface area contributed by atoms with Crippen molar-refractivity contribution in [1.29, 1.82) is 0 Å². The van der Waals surface area contributed by atoms with Crippen LogP contribution in [0.1, 0.15) is 22.8 Å². The van der Waals surface area contributed by atoms with E-state index < -0.39 is 6.10 Å². The molecule has 0 unspecified atom stereocenters. The number of anilines is 1. The van der Waals surface area contributed by atoms with Gasteiger partial charge in [-0.3, -0.25) is 9.59 Å². The molecule has 0 aromatic heterocycles. The lowest BCUT2D eigenvalue weighted by molar-refractivity contribution is -0.122. The lowest BCUT2D eigenvalue weighted by Crippen LogP contribution is -2.30. The number of ether oxygens (including phenoxy) is 1. The molecule has 5 heteroatoms. The maximum absolute atomic E-state index is 12.4. The summed E-state index contributed by atoms with van der Waals surface area (Å²) in [5.41, 5.74) is 2.20. The minimum absolute atomic E-state index is 0.198. The molecule has 0 bridgehead atoms. The molecule has 0 aliphatic carbocycles. The summed E-state index contributed by atoms with van der Waals surface area (Å²) in [7, 11) is 0. The van der Waals surface area contributed by atoms with E-state index in [-0.39, 0.29) is 11.8 Å². The quantitative estimate of drug-likeness (QED) is 0.656. The largest absolute Gasteiger partial charge is 0.481 e. The Morgan fingerprint density at radius 1 is 0.893 bits per heavy atom. The van der Waals surface area contributed by atoms with Crippen molar-refractivity contribution in [2.75, 3.05) is 5.32 Å². The van der Waals surface area contributed by atoms with Gasteiger partial charge in [-0.2, -0.15) is 0 Å². The van der Waals surface area contributed by atoms with Crippen LogP contribution in [-0.4, -0.2) is 17.9 Å². The Bertz CT molecular complexity index is 927. The summed E-state index contributed by atoms with van der Waals surface area (Å²) in [5, 5.41) is 5.67. The summed E-state index contributed by atoms with van der Waals surface area (Å²) in [4.78, 5) is 24.7. The van der Waals surface area contributed by atoms with E-state index in [0.717, 1.165) is 5.56 Å². The van der Waals surface area contributed by atoms with Gasteiger partial charge in [-0.25, -0.2) is 0 Å². The number of amides is 2. The highest BCUT2D eigenvalue weighted by Gasteiger charge is 2.15. The topological polar surface area (TPSA) is 67.4 Å². The van der Waals surface area contributed by atoms with Crippen molar-refractivity contribution in [3.8, 4) is 5.75 Å². The van der Waals surface area contributed by atoms with Gasteiger partial charge in [0.25, 0.3) is 11.8 Å². The minimum Gasteiger partial charge on any atom is -0.481 e. The van der Waals surface area contributed by atoms with Crippen molar-refractivity contribution < 1.29 is 14.3 Å². The van der Waals surface area contributed by atoms with Gasteiger partial charge in [-0.05, 0) is 42.8 Å². The van der Waals surface area contributed by atoms with Crippen LogP contribution in [-0.2, 0) is 11.3 Å². The molecule has 3 aromatic carbocycles. The molecule has 0 radical (unpaired) electrons. The van der Waals surface area contributed by atoms with Crippen molar-refractivity contribution in [3.05, 3.63) is 96.1 Å². The summed E-state index contributed by atoms with van der Waals surface area (Å²) in [5.74, 6) is 0.00361. The third-order valence-electron chi connectivity index (χ3n) is 4.12. The number of hydrogen-bond acceptors (Lipinski definition) is 3. The fourth-order valence-electron chi connectivity index (χ4n) is 2.61. The van der Waals surface area contributed by atoms with Gasteiger partial charge in [0.15, 0.2) is 6.10 Å². The van der Waals surface area contributed by atoms with Gasteiger partial charge in [0, 0.05) is 17.8 Å². The van der Waals surface area contributed by atoms with E-state index in [1.54, 1.807) is 31.2 Å². The smallest absolute Gasteiger partial charge is 0.265 e. The molecule has 0 aliphatic heterocycles. The average molecular weight is 374 g/mol. The molecule has 2 N–H and O–H groups in total. The summed E-state index contributed by atoms with van der Waals surface area (Å²) >= 11 is 0. The third kappa shape index (κ3) is 5.45. The highest BCUT2D eigenvalue weighted by atomic mass is 16.5. The fraction of sp³-hybridized carbons (Fsp3) is 0.130. The number of hydrogen-bond donors (Lipinski definition) is 2. The van der Waals surface area contributed by atoms with Crippen LogP contribution in [0.5, 0.6) is 5.75 Å². The standard InChI is InChI=1S/C23H22N2O3/c1-17(22(26)25-20-12-6-3-7-13-20)28-21-14-8-11-19(15-21)23(27)24-16-18-9-4-2-5-10-18/h2-15,17H,16H2,1H3,(H,24,27)(H,25,26)/t17-/m0/s1. The molecule has 0 heterocycles. The summed E-state index contributed by atoms with van der Waals surface area (Å²) in [6, 6.07) is 25.7. The summed E-state index contributed by atoms with van der Waals surface area (Å²) < 4.78 is 5.71. The number of nitrogens with one attached hydrogen (secondary N) is 2. The number of carbonyl (C=O) groups excluding carboxylic acids is 2. The normalized spacial score (nSPS) is 11.3. The molecule has 3 aromatic rings. The van der Waals surface area contributed by atoms with Gasteiger partial charge in [-0.1, -0.05) is 54.6 Å². The minimum atomic E-state index is -0.706. The number of rotatable bonds is 7. The molecule has 0 saturated carbocycles. The second-order valence-electron chi connectivity index (χ2n) is 6.31. The average Bonchev–Trinajstić information content (AvgIpc) is 2.73. The Morgan fingerprint density at radius 2 is 1.57 bits per heavy atom. The fourth-order valence-corrected chi connectivity index (χ4v) is 2.61. The maximum atomic E-state index is 12.4. The zero-order valence-electron chi connectivity index (χ0n) is 15.6. The van der Waals surface area contributed by atoms with Gasteiger partial charge in [-0.15, -0.1) is 0 Å². The predicted molar refractivity (Wildman–Crippen MR) is 109 cm³/mol. The molecule has 0 aliphatic rings. The number of benzene rings is 3. The molecule has 3 rings (SSSR count). The molecular formula is C23H22N2O3. The van der Waals surface area contributed by atoms with Crippen molar-refractivity contribution in [2.24, 2.45) is 0 Å². The van der Waals surface area contributed by atoms with Crippen molar-refractivity contribution in [2.45, 2.75) is 19.6 Å². The Kier molecular flexibility index (Phi) is 6.41. The van der Waals surface area contributed by atoms with Crippen molar-refractivity contribution in [1.82, 2.24) is 5.32 Å². The molecule has 2 amide bonds. The first kappa shape index (κ1) is 19.2. The van der Waals surface area contributed by atoms with Gasteiger partial charge >= 0.3 is 0 Å². The zero-order chi connectivity index (χ0) is 19.8. The van der Waals surface area contributed by atoms with E-state index in [4.69, 9.17) is 4.74 Å². The van der Waals surface area contributed by atoms with Crippen LogP contribution in [0.3, 0.4) is 0 Å². The third-order valence-corrected chi connectivity index (χ3v) is 4.12. The Balaban J connectivity index is 1.57. The van der Waals surface area contributed by atoms with Crippen LogP contribution < -0.4 is 15.4 Å². The zero-order valence-corrected chi connectivity index (χ0v) is 15.6. The second kappa shape index (κ2) is 9.37. The molecule has 1 atom stereocenters. The molecule has 0 fully saturated rings. The second-order valence-corrected chi connectivity index (χ2v) is 6.31. The monoisotopic (exact) mass is 374 g/mol. The Hall–Kier alpha value is -3.60. The van der Waals surface area contributed by atoms with E-state index in [9.17, 15) is 9.59 Å². The maximum Gasteiger partial charge on any atom is 0.265 e. The van der Waals surface area contributed by atoms with Gasteiger partial charge < -0.3 is 15.4 Å². The summed E-state index contributed by atoms with van der Waals surface area (Å²) in [6.07, 6.45) is -0.706. The van der Waals surface area contributed by atoms with Gasteiger partial charge in [0.05, 0.1) is 0 Å². The van der Waals surface area contributed by atoms with E-state index in [1.807, 2.05) is 60.7 Å². The van der Waals surface area contributed by atoms with Crippen LogP contribution in [0.2, 0.25) is 0 Å². The van der Waals surface area contributed by atoms with Gasteiger partial charge in [0.2, 0.25) is 0 Å². The van der Waals surface area contributed by atoms with E-state index >= 15 is 0 Å². The van der Waals surface area contributed by atoms with Crippen LogP contribution in [0.4, 0.5) is 5.69 Å².